The molecule has 51 heavy (non-hydrogen) atoms. The van der Waals surface area contributed by atoms with Crippen LogP contribution in [0.25, 0.3) is 96.0 Å². The van der Waals surface area contributed by atoms with Crippen molar-refractivity contribution in [3.05, 3.63) is 181 Å². The Balaban J connectivity index is 0.982. The summed E-state index contributed by atoms with van der Waals surface area (Å²) >= 11 is 3.85. The van der Waals surface area contributed by atoms with Crippen molar-refractivity contribution < 1.29 is 0 Å². The van der Waals surface area contributed by atoms with Gasteiger partial charge in [0.15, 0.2) is 0 Å². The molecule has 1 aliphatic carbocycles. The van der Waals surface area contributed by atoms with Crippen molar-refractivity contribution >= 4 is 63.0 Å². The third-order valence-corrected chi connectivity index (χ3v) is 13.3. The third-order valence-electron chi connectivity index (χ3n) is 10.7. The van der Waals surface area contributed by atoms with E-state index < -0.39 is 0 Å². The first-order chi connectivity index (χ1) is 25.3. The summed E-state index contributed by atoms with van der Waals surface area (Å²) in [4.78, 5) is 0. The van der Waals surface area contributed by atoms with Gasteiger partial charge >= 0.3 is 0 Å². The molecule has 0 aliphatic heterocycles. The minimum atomic E-state index is 0.952. The lowest BCUT2D eigenvalue weighted by molar-refractivity contribution is 1.26. The average Bonchev–Trinajstić information content (AvgIpc) is 3.89. The predicted molar refractivity (Wildman–Crippen MR) is 222 cm³/mol. The van der Waals surface area contributed by atoms with Gasteiger partial charge in [0.05, 0.1) is 0 Å². The zero-order chi connectivity index (χ0) is 33.5. The van der Waals surface area contributed by atoms with Crippen molar-refractivity contribution in [1.82, 2.24) is 0 Å². The normalized spacial score (nSPS) is 12.2. The Morgan fingerprint density at radius 1 is 0.275 bits per heavy atom. The van der Waals surface area contributed by atoms with Gasteiger partial charge in [-0.15, -0.1) is 22.7 Å². The molecule has 10 aromatic rings. The van der Waals surface area contributed by atoms with Crippen molar-refractivity contribution in [3.63, 3.8) is 0 Å². The van der Waals surface area contributed by atoms with Crippen LogP contribution in [-0.4, -0.2) is 0 Å². The van der Waals surface area contributed by atoms with Crippen LogP contribution in [0, 0.1) is 0 Å². The Bertz CT molecular complexity index is 2780. The highest BCUT2D eigenvalue weighted by atomic mass is 32.1. The molecule has 0 unspecified atom stereocenters. The van der Waals surface area contributed by atoms with E-state index >= 15 is 0 Å². The summed E-state index contributed by atoms with van der Waals surface area (Å²) in [5.74, 6) is 0. The summed E-state index contributed by atoms with van der Waals surface area (Å²) in [6, 6.07) is 63.0. The smallest absolute Gasteiger partial charge is 0.0434 e. The second-order valence-electron chi connectivity index (χ2n) is 13.6. The summed E-state index contributed by atoms with van der Waals surface area (Å²) in [5, 5.41) is 5.35. The summed E-state index contributed by atoms with van der Waals surface area (Å²) in [6.07, 6.45) is 0.952. The molecule has 2 heterocycles. The van der Waals surface area contributed by atoms with Gasteiger partial charge in [0.25, 0.3) is 0 Å². The van der Waals surface area contributed by atoms with Gasteiger partial charge in [0.1, 0.15) is 0 Å². The predicted octanol–water partition coefficient (Wildman–Crippen LogP) is 14.7. The van der Waals surface area contributed by atoms with Gasteiger partial charge in [-0.2, -0.15) is 0 Å². The Morgan fingerprint density at radius 3 is 1.00 bits per heavy atom. The molecule has 0 N–H and O–H groups in total. The highest BCUT2D eigenvalue weighted by Crippen LogP contribution is 2.47. The molecule has 0 spiro atoms. The quantitative estimate of drug-likeness (QED) is 0.173. The van der Waals surface area contributed by atoms with E-state index in [2.05, 4.69) is 170 Å². The van der Waals surface area contributed by atoms with E-state index in [4.69, 9.17) is 0 Å². The van der Waals surface area contributed by atoms with Crippen LogP contribution in [0.4, 0.5) is 0 Å². The molecule has 0 saturated carbocycles. The summed E-state index contributed by atoms with van der Waals surface area (Å²) in [7, 11) is 0. The molecular weight excluding hydrogens is 653 g/mol. The molecule has 0 saturated heterocycles. The van der Waals surface area contributed by atoms with Gasteiger partial charge in [-0.25, -0.2) is 0 Å². The topological polar surface area (TPSA) is 0 Å². The van der Waals surface area contributed by atoms with Gasteiger partial charge in [-0.3, -0.25) is 0 Å². The molecule has 0 fully saturated rings. The van der Waals surface area contributed by atoms with E-state index in [0.29, 0.717) is 0 Å². The number of benzene rings is 8. The number of hydrogen-bond donors (Lipinski definition) is 0. The molecule has 0 atom stereocenters. The molecule has 2 heteroatoms. The molecule has 238 valence electrons. The van der Waals surface area contributed by atoms with Crippen LogP contribution in [0.2, 0.25) is 0 Å². The van der Waals surface area contributed by atoms with E-state index in [1.54, 1.807) is 0 Å². The van der Waals surface area contributed by atoms with Crippen molar-refractivity contribution in [3.8, 4) is 55.6 Å². The first kappa shape index (κ1) is 29.0. The van der Waals surface area contributed by atoms with Crippen LogP contribution >= 0.6 is 22.7 Å². The largest absolute Gasteiger partial charge is 0.134 e. The van der Waals surface area contributed by atoms with Crippen molar-refractivity contribution in [2.75, 3.05) is 0 Å². The van der Waals surface area contributed by atoms with Crippen molar-refractivity contribution in [1.29, 1.82) is 0 Å². The average molecular weight is 683 g/mol. The van der Waals surface area contributed by atoms with Crippen LogP contribution in [0.15, 0.2) is 170 Å². The Morgan fingerprint density at radius 2 is 0.627 bits per heavy atom. The van der Waals surface area contributed by atoms with Crippen LogP contribution in [0.1, 0.15) is 11.1 Å². The van der Waals surface area contributed by atoms with Gasteiger partial charge < -0.3 is 0 Å². The molecule has 0 nitrogen and oxygen atoms in total. The fourth-order valence-electron chi connectivity index (χ4n) is 8.33. The van der Waals surface area contributed by atoms with Gasteiger partial charge in [0, 0.05) is 40.3 Å². The fourth-order valence-corrected chi connectivity index (χ4v) is 11.1. The van der Waals surface area contributed by atoms with Gasteiger partial charge in [0.2, 0.25) is 0 Å². The van der Waals surface area contributed by atoms with E-state index in [1.807, 2.05) is 22.7 Å². The van der Waals surface area contributed by atoms with E-state index in [-0.39, 0.29) is 0 Å². The molecular formula is C49H30S2. The zero-order valence-corrected chi connectivity index (χ0v) is 29.3. The van der Waals surface area contributed by atoms with Crippen LogP contribution in [0.3, 0.4) is 0 Å². The lowest BCUT2D eigenvalue weighted by Gasteiger charge is -2.08. The number of rotatable bonds is 4. The number of thiophene rings is 2. The first-order valence-electron chi connectivity index (χ1n) is 17.5. The highest BCUT2D eigenvalue weighted by molar-refractivity contribution is 7.27. The second-order valence-corrected chi connectivity index (χ2v) is 15.6. The van der Waals surface area contributed by atoms with Crippen LogP contribution in [-0.2, 0) is 6.42 Å². The maximum absolute atomic E-state index is 2.45. The molecule has 11 rings (SSSR count). The second kappa shape index (κ2) is 11.4. The monoisotopic (exact) mass is 682 g/mol. The summed E-state index contributed by atoms with van der Waals surface area (Å²) < 4.78 is 5.44. The zero-order valence-electron chi connectivity index (χ0n) is 27.7. The molecule has 1 aliphatic rings. The summed E-state index contributed by atoms with van der Waals surface area (Å²) in [6.45, 7) is 0. The highest BCUT2D eigenvalue weighted by Gasteiger charge is 2.22. The van der Waals surface area contributed by atoms with E-state index in [0.717, 1.165) is 6.42 Å². The Labute approximate surface area is 304 Å². The minimum Gasteiger partial charge on any atom is -0.134 e. The van der Waals surface area contributed by atoms with E-state index in [9.17, 15) is 0 Å². The molecule has 8 aromatic carbocycles. The summed E-state index contributed by atoms with van der Waals surface area (Å²) in [5.41, 5.74) is 15.9. The maximum Gasteiger partial charge on any atom is 0.0434 e. The third kappa shape index (κ3) is 4.50. The SMILES string of the molecule is c1ccc(-c2cccc3c2sc2c(-c4ccc5c(c4)Cc4cc(-c6cccc7c6sc6c(-c8ccccc8)cccc67)ccc4-5)cccc23)cc1. The first-order valence-corrected chi connectivity index (χ1v) is 19.2. The van der Waals surface area contributed by atoms with Crippen LogP contribution in [0.5, 0.6) is 0 Å². The standard InChI is InChI=1S/C49H30S2/c1-3-11-30(12-4-1)38-15-7-19-42-44-21-9-17-40(48(44)50-46(38)42)32-23-25-36-34(27-32)29-35-28-33(24-26-37(35)36)41-18-10-22-45-43-20-8-16-39(47(43)51-49(41)45)31-13-5-2-6-14-31/h1-28H,29H2. The molecule has 0 radical (unpaired) electrons. The lowest BCUT2D eigenvalue weighted by Crippen LogP contribution is -1.84. The van der Waals surface area contributed by atoms with Crippen LogP contribution < -0.4 is 0 Å². The minimum absolute atomic E-state index is 0.952. The molecule has 0 amide bonds. The molecule has 2 aromatic heterocycles. The van der Waals surface area contributed by atoms with Gasteiger partial charge in [-0.05, 0) is 73.2 Å². The maximum atomic E-state index is 2.45. The van der Waals surface area contributed by atoms with Crippen molar-refractivity contribution in [2.24, 2.45) is 0 Å². The van der Waals surface area contributed by atoms with Gasteiger partial charge in [-0.1, -0.05) is 170 Å². The Hall–Kier alpha value is -5.80. The number of fused-ring (bicyclic) bond motifs is 9. The molecule has 0 bridgehead atoms. The lowest BCUT2D eigenvalue weighted by atomic mass is 9.96. The fraction of sp³-hybridized carbons (Fsp3) is 0.0204. The number of hydrogen-bond acceptors (Lipinski definition) is 2. The van der Waals surface area contributed by atoms with E-state index in [1.165, 1.54) is 107 Å². The van der Waals surface area contributed by atoms with Crippen molar-refractivity contribution in [2.45, 2.75) is 6.42 Å². The Kier molecular flexibility index (Phi) is 6.46.